The fourth-order valence-corrected chi connectivity index (χ4v) is 4.73. The molecule has 3 aromatic carbocycles. The largest absolute Gasteiger partial charge is 0.471 e. The minimum Gasteiger partial charge on any atom is -0.457 e. The summed E-state index contributed by atoms with van der Waals surface area (Å²) in [5.41, 5.74) is 1.34. The Bertz CT molecular complexity index is 1310. The number of hydrogen-bond acceptors (Lipinski definition) is 4. The summed E-state index contributed by atoms with van der Waals surface area (Å²) in [7, 11) is -4.02. The van der Waals surface area contributed by atoms with Crippen molar-refractivity contribution in [3.63, 3.8) is 0 Å². The van der Waals surface area contributed by atoms with Crippen LogP contribution in [0, 0.1) is 0 Å². The van der Waals surface area contributed by atoms with Crippen molar-refractivity contribution >= 4 is 33.2 Å². The number of amides is 1. The van der Waals surface area contributed by atoms with Crippen molar-refractivity contribution in [2.45, 2.75) is 24.0 Å². The normalized spacial score (nSPS) is 13.8. The Balaban J connectivity index is 1.47. The molecule has 34 heavy (non-hydrogen) atoms. The second kappa shape index (κ2) is 9.19. The molecule has 1 aliphatic heterocycles. The second-order valence-electron chi connectivity index (χ2n) is 7.59. The summed E-state index contributed by atoms with van der Waals surface area (Å²) in [5, 5.41) is 0.568. The van der Waals surface area contributed by atoms with Crippen molar-refractivity contribution in [2.24, 2.45) is 0 Å². The van der Waals surface area contributed by atoms with Crippen molar-refractivity contribution in [3.05, 3.63) is 82.9 Å². The molecular weight excluding hydrogens is 493 g/mol. The van der Waals surface area contributed by atoms with E-state index in [2.05, 4.69) is 4.72 Å². The average Bonchev–Trinajstić information content (AvgIpc) is 2.80. The number of sulfonamides is 1. The molecule has 0 radical (unpaired) electrons. The van der Waals surface area contributed by atoms with E-state index in [0.29, 0.717) is 32.5 Å². The number of carbonyl (C=O) groups excluding carboxylic acids is 1. The third-order valence-corrected chi connectivity index (χ3v) is 6.82. The van der Waals surface area contributed by atoms with Gasteiger partial charge in [0.2, 0.25) is 0 Å². The predicted molar refractivity (Wildman–Crippen MR) is 120 cm³/mol. The molecule has 0 bridgehead atoms. The van der Waals surface area contributed by atoms with Crippen molar-refractivity contribution in [3.8, 4) is 11.5 Å². The van der Waals surface area contributed by atoms with E-state index in [9.17, 15) is 26.4 Å². The first-order valence-corrected chi connectivity index (χ1v) is 11.9. The van der Waals surface area contributed by atoms with Crippen LogP contribution >= 0.6 is 11.6 Å². The third-order valence-electron chi connectivity index (χ3n) is 5.19. The van der Waals surface area contributed by atoms with Gasteiger partial charge >= 0.3 is 12.1 Å². The van der Waals surface area contributed by atoms with Crippen LogP contribution in [0.3, 0.4) is 0 Å². The standard InChI is InChI=1S/C23H18ClF3N2O4S/c24-17-2-6-19(7-3-17)33-20-8-4-18(5-9-20)28-34(31,32)21-10-1-15-11-12-29(14-16(15)13-21)22(30)23(25,26)27/h1-10,13,28H,11-12,14H2. The van der Waals surface area contributed by atoms with Crippen LogP contribution < -0.4 is 9.46 Å². The van der Waals surface area contributed by atoms with E-state index in [0.717, 1.165) is 0 Å². The second-order valence-corrected chi connectivity index (χ2v) is 9.71. The van der Waals surface area contributed by atoms with E-state index in [4.69, 9.17) is 16.3 Å². The number of fused-ring (bicyclic) bond motifs is 1. The van der Waals surface area contributed by atoms with Gasteiger partial charge in [-0.2, -0.15) is 13.2 Å². The highest BCUT2D eigenvalue weighted by molar-refractivity contribution is 7.92. The van der Waals surface area contributed by atoms with Crippen LogP contribution in [0.5, 0.6) is 11.5 Å². The van der Waals surface area contributed by atoms with E-state index < -0.39 is 22.1 Å². The molecule has 0 fully saturated rings. The number of anilines is 1. The van der Waals surface area contributed by atoms with Crippen LogP contribution in [0.15, 0.2) is 71.6 Å². The van der Waals surface area contributed by atoms with Gasteiger partial charge in [0.05, 0.1) is 4.90 Å². The molecule has 1 heterocycles. The van der Waals surface area contributed by atoms with Gasteiger partial charge in [0.15, 0.2) is 0 Å². The van der Waals surface area contributed by atoms with Gasteiger partial charge in [0.1, 0.15) is 11.5 Å². The van der Waals surface area contributed by atoms with Crippen molar-refractivity contribution < 1.29 is 31.1 Å². The van der Waals surface area contributed by atoms with Crippen LogP contribution in [-0.2, 0) is 27.8 Å². The Labute approximate surface area is 199 Å². The molecule has 0 saturated carbocycles. The number of benzene rings is 3. The number of nitrogens with one attached hydrogen (secondary N) is 1. The number of ether oxygens (including phenoxy) is 1. The smallest absolute Gasteiger partial charge is 0.457 e. The first kappa shape index (κ1) is 23.9. The summed E-state index contributed by atoms with van der Waals surface area (Å²) in [4.78, 5) is 12.1. The summed E-state index contributed by atoms with van der Waals surface area (Å²) in [5.74, 6) is -0.899. The van der Waals surface area contributed by atoms with Crippen molar-refractivity contribution in [1.82, 2.24) is 4.90 Å². The zero-order valence-corrected chi connectivity index (χ0v) is 19.0. The molecule has 0 atom stereocenters. The molecule has 4 rings (SSSR count). The number of carbonyl (C=O) groups is 1. The lowest BCUT2D eigenvalue weighted by Gasteiger charge is -2.29. The van der Waals surface area contributed by atoms with Crippen LogP contribution in [0.25, 0.3) is 0 Å². The minimum absolute atomic E-state index is 0.0832. The topological polar surface area (TPSA) is 75.7 Å². The first-order valence-electron chi connectivity index (χ1n) is 10.1. The number of nitrogens with zero attached hydrogens (tertiary/aromatic N) is 1. The van der Waals surface area contributed by atoms with Gasteiger partial charge in [-0.1, -0.05) is 17.7 Å². The van der Waals surface area contributed by atoms with Crippen LogP contribution in [0.2, 0.25) is 5.02 Å². The molecule has 0 saturated heterocycles. The zero-order chi connectivity index (χ0) is 24.5. The summed E-state index contributed by atoms with van der Waals surface area (Å²) >= 11 is 5.84. The van der Waals surface area contributed by atoms with Gasteiger partial charge in [0.25, 0.3) is 10.0 Å². The van der Waals surface area contributed by atoms with E-state index in [-0.39, 0.29) is 30.1 Å². The highest BCUT2D eigenvalue weighted by Gasteiger charge is 2.43. The zero-order valence-electron chi connectivity index (χ0n) is 17.5. The lowest BCUT2D eigenvalue weighted by molar-refractivity contribution is -0.186. The van der Waals surface area contributed by atoms with Gasteiger partial charge in [-0.3, -0.25) is 9.52 Å². The highest BCUT2D eigenvalue weighted by atomic mass is 35.5. The van der Waals surface area contributed by atoms with E-state index in [1.165, 1.54) is 24.3 Å². The number of halogens is 4. The summed E-state index contributed by atoms with van der Waals surface area (Å²) < 4.78 is 72.1. The molecule has 6 nitrogen and oxygen atoms in total. The molecule has 11 heteroatoms. The molecule has 178 valence electrons. The lowest BCUT2D eigenvalue weighted by atomic mass is 10.00. The van der Waals surface area contributed by atoms with Crippen LogP contribution in [0.4, 0.5) is 18.9 Å². The average molecular weight is 511 g/mol. The van der Waals surface area contributed by atoms with E-state index >= 15 is 0 Å². The Morgan fingerprint density at radius 1 is 0.941 bits per heavy atom. The maximum atomic E-state index is 12.9. The predicted octanol–water partition coefficient (Wildman–Crippen LogP) is 5.38. The third kappa shape index (κ3) is 5.45. The van der Waals surface area contributed by atoms with Crippen LogP contribution in [0.1, 0.15) is 11.1 Å². The number of hydrogen-bond donors (Lipinski definition) is 1. The highest BCUT2D eigenvalue weighted by Crippen LogP contribution is 2.28. The molecule has 1 aliphatic rings. The van der Waals surface area contributed by atoms with E-state index in [1.807, 2.05) is 0 Å². The fraction of sp³-hybridized carbons (Fsp3) is 0.174. The Hall–Kier alpha value is -3.24. The van der Waals surface area contributed by atoms with Gasteiger partial charge in [-0.25, -0.2) is 8.42 Å². The van der Waals surface area contributed by atoms with Gasteiger partial charge in [-0.15, -0.1) is 0 Å². The molecule has 0 unspecified atom stereocenters. The molecule has 0 aromatic heterocycles. The van der Waals surface area contributed by atoms with Gasteiger partial charge in [-0.05, 0) is 78.2 Å². The number of alkyl halides is 3. The summed E-state index contributed by atoms with van der Waals surface area (Å²) in [6, 6.07) is 17.2. The maximum Gasteiger partial charge on any atom is 0.471 e. The summed E-state index contributed by atoms with van der Waals surface area (Å²) in [6.45, 7) is -0.395. The maximum absolute atomic E-state index is 12.9. The van der Waals surface area contributed by atoms with Gasteiger partial charge in [0, 0.05) is 23.8 Å². The van der Waals surface area contributed by atoms with Gasteiger partial charge < -0.3 is 9.64 Å². The SMILES string of the molecule is O=C(N1CCc2ccc(S(=O)(=O)Nc3ccc(Oc4ccc(Cl)cc4)cc3)cc2C1)C(F)(F)F. The monoisotopic (exact) mass is 510 g/mol. The fourth-order valence-electron chi connectivity index (χ4n) is 3.50. The lowest BCUT2D eigenvalue weighted by Crippen LogP contribution is -2.43. The Kier molecular flexibility index (Phi) is 6.46. The van der Waals surface area contributed by atoms with Crippen molar-refractivity contribution in [2.75, 3.05) is 11.3 Å². The van der Waals surface area contributed by atoms with E-state index in [1.54, 1.807) is 42.5 Å². The summed E-state index contributed by atoms with van der Waals surface area (Å²) in [6.07, 6.45) is -4.77. The number of rotatable bonds is 5. The Morgan fingerprint density at radius 3 is 2.18 bits per heavy atom. The first-order chi connectivity index (χ1) is 16.0. The molecule has 1 N–H and O–H groups in total. The molecule has 3 aromatic rings. The van der Waals surface area contributed by atoms with Crippen LogP contribution in [-0.4, -0.2) is 31.9 Å². The Morgan fingerprint density at radius 2 is 1.56 bits per heavy atom. The minimum atomic E-state index is -4.98. The molecule has 0 aliphatic carbocycles. The quantitative estimate of drug-likeness (QED) is 0.500. The molecule has 1 amide bonds. The molecular formula is C23H18ClF3N2O4S. The van der Waals surface area contributed by atoms with Crippen molar-refractivity contribution in [1.29, 1.82) is 0 Å². The molecule has 0 spiro atoms.